The van der Waals surface area contributed by atoms with Crippen LogP contribution in [0.25, 0.3) is 0 Å². The number of methoxy groups -OCH3 is 1. The summed E-state index contributed by atoms with van der Waals surface area (Å²) in [5.74, 6) is 1.28. The van der Waals surface area contributed by atoms with Gasteiger partial charge >= 0.3 is 6.03 Å². The fourth-order valence-electron chi connectivity index (χ4n) is 4.81. The molecule has 10 heteroatoms. The summed E-state index contributed by atoms with van der Waals surface area (Å²) in [5.41, 5.74) is 2.01. The summed E-state index contributed by atoms with van der Waals surface area (Å²) in [6.45, 7) is 10.7. The zero-order valence-corrected chi connectivity index (χ0v) is 25.1. The molecule has 216 valence electrons. The minimum Gasteiger partial charge on any atom is -0.497 e. The lowest BCUT2D eigenvalue weighted by molar-refractivity contribution is -0.123. The summed E-state index contributed by atoms with van der Waals surface area (Å²) in [6, 6.07) is 11.1. The molecule has 0 aliphatic carbocycles. The minimum absolute atomic E-state index is 0.0629. The van der Waals surface area contributed by atoms with Crippen LogP contribution in [0.3, 0.4) is 0 Å². The molecule has 1 saturated heterocycles. The molecule has 3 amide bonds. The van der Waals surface area contributed by atoms with Gasteiger partial charge in [-0.25, -0.2) is 4.79 Å². The van der Waals surface area contributed by atoms with Crippen LogP contribution in [0.15, 0.2) is 82.9 Å². The van der Waals surface area contributed by atoms with E-state index in [-0.39, 0.29) is 24.6 Å². The van der Waals surface area contributed by atoms with Crippen LogP contribution in [0, 0.1) is 0 Å². The predicted molar refractivity (Wildman–Crippen MR) is 163 cm³/mol. The van der Waals surface area contributed by atoms with Gasteiger partial charge in [0.15, 0.2) is 0 Å². The second-order valence-electron chi connectivity index (χ2n) is 9.95. The summed E-state index contributed by atoms with van der Waals surface area (Å²) in [6.07, 6.45) is 5.18. The molecule has 0 bridgehead atoms. The van der Waals surface area contributed by atoms with Crippen molar-refractivity contribution in [2.24, 2.45) is 4.99 Å². The molecule has 2 aromatic rings. The highest BCUT2D eigenvalue weighted by Gasteiger charge is 2.45. The van der Waals surface area contributed by atoms with Crippen molar-refractivity contribution in [3.05, 3.63) is 94.0 Å². The molecule has 1 fully saturated rings. The number of nitrogens with zero attached hydrogens (tertiary/aromatic N) is 3. The van der Waals surface area contributed by atoms with E-state index in [1.807, 2.05) is 45.0 Å². The maximum absolute atomic E-state index is 14.3. The molecule has 0 spiro atoms. The van der Waals surface area contributed by atoms with Crippen LogP contribution in [-0.4, -0.2) is 66.5 Å². The SMILES string of the molecule is C=C(/C=C(Cl)\C=C/C)[C@@H]1N=C(c2ccc(OC)cc2OC(C)C)N(C(=O)N2CCNC(=O)C2)[C@@H]1c1ccc(Cl)cc1. The van der Waals surface area contributed by atoms with E-state index in [0.29, 0.717) is 51.6 Å². The number of urea groups is 1. The summed E-state index contributed by atoms with van der Waals surface area (Å²) in [7, 11) is 1.58. The van der Waals surface area contributed by atoms with Crippen LogP contribution >= 0.6 is 23.2 Å². The molecular weight excluding hydrogens is 563 g/mol. The van der Waals surface area contributed by atoms with Gasteiger partial charge in [0.25, 0.3) is 0 Å². The number of hydrogen-bond acceptors (Lipinski definition) is 5. The Hall–Kier alpha value is -3.75. The number of nitrogens with one attached hydrogen (secondary N) is 1. The van der Waals surface area contributed by atoms with Crippen LogP contribution in [0.1, 0.15) is 37.9 Å². The number of rotatable bonds is 8. The van der Waals surface area contributed by atoms with Gasteiger partial charge in [-0.15, -0.1) is 0 Å². The van der Waals surface area contributed by atoms with E-state index < -0.39 is 12.1 Å². The summed E-state index contributed by atoms with van der Waals surface area (Å²) < 4.78 is 11.6. The molecule has 2 aromatic carbocycles. The van der Waals surface area contributed by atoms with Crippen molar-refractivity contribution in [1.82, 2.24) is 15.1 Å². The zero-order chi connectivity index (χ0) is 29.7. The van der Waals surface area contributed by atoms with Crippen LogP contribution < -0.4 is 14.8 Å². The lowest BCUT2D eigenvalue weighted by Crippen LogP contribution is -2.55. The van der Waals surface area contributed by atoms with E-state index in [0.717, 1.165) is 5.56 Å². The molecule has 2 aliphatic heterocycles. The number of allylic oxidation sites excluding steroid dienone is 3. The topological polar surface area (TPSA) is 83.5 Å². The van der Waals surface area contributed by atoms with Gasteiger partial charge in [-0.3, -0.25) is 14.7 Å². The number of hydrogen-bond donors (Lipinski definition) is 1. The van der Waals surface area contributed by atoms with Gasteiger partial charge in [0, 0.05) is 29.2 Å². The minimum atomic E-state index is -0.604. The molecule has 0 radical (unpaired) electrons. The fraction of sp³-hybridized carbons (Fsp3) is 0.323. The number of piperazine rings is 1. The maximum Gasteiger partial charge on any atom is 0.326 e. The Bertz CT molecular complexity index is 1400. The Balaban J connectivity index is 1.93. The first kappa shape index (κ1) is 30.2. The molecule has 1 N–H and O–H groups in total. The third-order valence-electron chi connectivity index (χ3n) is 6.61. The maximum atomic E-state index is 14.3. The predicted octanol–water partition coefficient (Wildman–Crippen LogP) is 6.11. The lowest BCUT2D eigenvalue weighted by atomic mass is 9.94. The second-order valence-corrected chi connectivity index (χ2v) is 10.8. The third kappa shape index (κ3) is 6.94. The summed E-state index contributed by atoms with van der Waals surface area (Å²) in [5, 5.41) is 3.82. The van der Waals surface area contributed by atoms with E-state index in [1.54, 1.807) is 48.4 Å². The standard InChI is InChI=1S/C31H34Cl2N4O4/c1-6-7-23(33)16-20(4)28-29(21-8-10-22(32)11-9-21)37(31(39)36-15-14-34-27(38)18-36)30(35-28)25-13-12-24(40-5)17-26(25)41-19(2)3/h6-13,16-17,19,28-29H,4,14-15,18H2,1-3,5H3,(H,34,38)/b7-6-,23-16+/t28-,29+/m0/s1. The second kappa shape index (κ2) is 13.3. The smallest absolute Gasteiger partial charge is 0.326 e. The van der Waals surface area contributed by atoms with Gasteiger partial charge in [0.1, 0.15) is 29.9 Å². The molecule has 2 heterocycles. The normalized spacial score (nSPS) is 19.4. The van der Waals surface area contributed by atoms with E-state index >= 15 is 0 Å². The van der Waals surface area contributed by atoms with Crippen molar-refractivity contribution in [2.75, 3.05) is 26.7 Å². The number of aliphatic imine (C=N–C) groups is 1. The van der Waals surface area contributed by atoms with Crippen molar-refractivity contribution < 1.29 is 19.1 Å². The molecule has 2 atom stereocenters. The van der Waals surface area contributed by atoms with Gasteiger partial charge in [0.2, 0.25) is 5.91 Å². The quantitative estimate of drug-likeness (QED) is 0.372. The van der Waals surface area contributed by atoms with Crippen molar-refractivity contribution in [3.8, 4) is 11.5 Å². The average Bonchev–Trinajstić information content (AvgIpc) is 3.33. The third-order valence-corrected chi connectivity index (χ3v) is 7.10. The molecule has 2 aliphatic rings. The van der Waals surface area contributed by atoms with Crippen LogP contribution in [0.4, 0.5) is 4.79 Å². The Kier molecular flexibility index (Phi) is 9.78. The fourth-order valence-corrected chi connectivity index (χ4v) is 5.21. The Labute approximate surface area is 250 Å². The number of carbonyl (C=O) groups excluding carboxylic acids is 2. The van der Waals surface area contributed by atoms with Crippen LogP contribution in [-0.2, 0) is 4.79 Å². The molecule has 0 saturated carbocycles. The van der Waals surface area contributed by atoms with Crippen molar-refractivity contribution >= 4 is 41.0 Å². The van der Waals surface area contributed by atoms with E-state index in [9.17, 15) is 9.59 Å². The largest absolute Gasteiger partial charge is 0.497 e. The van der Waals surface area contributed by atoms with Crippen molar-refractivity contribution in [3.63, 3.8) is 0 Å². The molecule has 4 rings (SSSR count). The highest BCUT2D eigenvalue weighted by Crippen LogP contribution is 2.41. The van der Waals surface area contributed by atoms with Gasteiger partial charge < -0.3 is 19.7 Å². The van der Waals surface area contributed by atoms with Crippen molar-refractivity contribution in [2.45, 2.75) is 39.0 Å². The number of amides is 3. The molecule has 8 nitrogen and oxygen atoms in total. The molecule has 0 unspecified atom stereocenters. The first-order valence-electron chi connectivity index (χ1n) is 13.3. The van der Waals surface area contributed by atoms with Gasteiger partial charge in [-0.1, -0.05) is 48.0 Å². The highest BCUT2D eigenvalue weighted by molar-refractivity contribution is 6.31. The number of ether oxygens (including phenoxy) is 2. The molecule has 41 heavy (non-hydrogen) atoms. The van der Waals surface area contributed by atoms with Gasteiger partial charge in [-0.2, -0.15) is 0 Å². The van der Waals surface area contributed by atoms with Crippen LogP contribution in [0.2, 0.25) is 5.02 Å². The highest BCUT2D eigenvalue weighted by atomic mass is 35.5. The van der Waals surface area contributed by atoms with Crippen molar-refractivity contribution in [1.29, 1.82) is 0 Å². The lowest BCUT2D eigenvalue weighted by Gasteiger charge is -2.36. The molecule has 0 aromatic heterocycles. The van der Waals surface area contributed by atoms with Gasteiger partial charge in [-0.05, 0) is 68.3 Å². The van der Waals surface area contributed by atoms with Crippen LogP contribution in [0.5, 0.6) is 11.5 Å². The average molecular weight is 598 g/mol. The summed E-state index contributed by atoms with van der Waals surface area (Å²) in [4.78, 5) is 34.9. The van der Waals surface area contributed by atoms with Gasteiger partial charge in [0.05, 0.1) is 24.8 Å². The number of benzene rings is 2. The number of amidine groups is 1. The Morgan fingerprint density at radius 2 is 1.95 bits per heavy atom. The summed E-state index contributed by atoms with van der Waals surface area (Å²) >= 11 is 12.7. The van der Waals surface area contributed by atoms with E-state index in [1.165, 1.54) is 4.90 Å². The van der Waals surface area contributed by atoms with E-state index in [4.69, 9.17) is 37.7 Å². The first-order chi connectivity index (χ1) is 19.6. The zero-order valence-electron chi connectivity index (χ0n) is 23.6. The number of carbonyl (C=O) groups is 2. The Morgan fingerprint density at radius 3 is 2.59 bits per heavy atom. The van der Waals surface area contributed by atoms with E-state index in [2.05, 4.69) is 11.9 Å². The Morgan fingerprint density at radius 1 is 1.22 bits per heavy atom. The molecular formula is C31H34Cl2N4O4. The first-order valence-corrected chi connectivity index (χ1v) is 14.1. The number of halogens is 2. The monoisotopic (exact) mass is 596 g/mol.